The average Bonchev–Trinajstić information content (AvgIpc) is 1.83. The van der Waals surface area contributed by atoms with Crippen LogP contribution in [0.4, 0.5) is 4.39 Å². The first kappa shape index (κ1) is 7.85. The van der Waals surface area contributed by atoms with Crippen molar-refractivity contribution in [1.82, 2.24) is 5.48 Å². The molecule has 3 heteroatoms. The lowest BCUT2D eigenvalue weighted by atomic mass is 10.3. The molecule has 0 aromatic rings. The fourth-order valence-corrected chi connectivity index (χ4v) is 0.318. The van der Waals surface area contributed by atoms with Gasteiger partial charge in [0.15, 0.2) is 0 Å². The van der Waals surface area contributed by atoms with E-state index in [4.69, 9.17) is 0 Å². The smallest absolute Gasteiger partial charge is 0.115 e. The zero-order chi connectivity index (χ0) is 6.41. The Labute approximate surface area is 49.0 Å². The molecule has 0 aromatic carbocycles. The number of halogens is 1. The highest BCUT2D eigenvalue weighted by Crippen LogP contribution is 1.92. The largest absolute Gasteiger partial charge is 0.305 e. The van der Waals surface area contributed by atoms with Crippen LogP contribution in [-0.2, 0) is 4.84 Å². The maximum Gasteiger partial charge on any atom is 0.115 e. The van der Waals surface area contributed by atoms with Crippen molar-refractivity contribution in [2.75, 3.05) is 13.7 Å². The van der Waals surface area contributed by atoms with Crippen LogP contribution in [-0.4, -0.2) is 19.8 Å². The second kappa shape index (κ2) is 5.00. The van der Waals surface area contributed by atoms with Crippen molar-refractivity contribution in [3.05, 3.63) is 0 Å². The Hall–Kier alpha value is -0.150. The van der Waals surface area contributed by atoms with Gasteiger partial charge in [-0.25, -0.2) is 4.39 Å². The molecule has 1 atom stereocenters. The summed E-state index contributed by atoms with van der Waals surface area (Å²) in [6.45, 7) is 2.08. The van der Waals surface area contributed by atoms with Crippen molar-refractivity contribution in [3.8, 4) is 0 Å². The van der Waals surface area contributed by atoms with Gasteiger partial charge in [-0.1, -0.05) is 6.92 Å². The number of nitrogens with one attached hydrogen (secondary N) is 1. The molecule has 0 radical (unpaired) electrons. The van der Waals surface area contributed by atoms with Crippen LogP contribution in [0.2, 0.25) is 0 Å². The Balaban J connectivity index is 2.86. The van der Waals surface area contributed by atoms with Gasteiger partial charge >= 0.3 is 0 Å². The first-order chi connectivity index (χ1) is 3.81. The SMILES string of the molecule is CCC(F)CNOC. The molecule has 50 valence electrons. The summed E-state index contributed by atoms with van der Waals surface area (Å²) in [4.78, 5) is 4.42. The molecule has 0 rings (SSSR count). The third kappa shape index (κ3) is 4.02. The predicted octanol–water partition coefficient (Wildman–Crippen LogP) is 0.885. The van der Waals surface area contributed by atoms with Crippen LogP contribution in [0.5, 0.6) is 0 Å². The summed E-state index contributed by atoms with van der Waals surface area (Å²) < 4.78 is 12.2. The third-order valence-electron chi connectivity index (χ3n) is 0.892. The first-order valence-corrected chi connectivity index (χ1v) is 2.71. The normalized spacial score (nSPS) is 13.9. The van der Waals surface area contributed by atoms with E-state index in [9.17, 15) is 4.39 Å². The van der Waals surface area contributed by atoms with E-state index in [1.807, 2.05) is 0 Å². The van der Waals surface area contributed by atoms with E-state index in [-0.39, 0.29) is 6.54 Å². The molecule has 0 amide bonds. The maximum atomic E-state index is 12.2. The lowest BCUT2D eigenvalue weighted by molar-refractivity contribution is 0.0720. The number of rotatable bonds is 4. The van der Waals surface area contributed by atoms with Crippen LogP contribution in [0.25, 0.3) is 0 Å². The van der Waals surface area contributed by atoms with Crippen LogP contribution in [0.15, 0.2) is 0 Å². The summed E-state index contributed by atoms with van der Waals surface area (Å²) in [5, 5.41) is 0. The van der Waals surface area contributed by atoms with Gasteiger partial charge in [-0.3, -0.25) is 0 Å². The van der Waals surface area contributed by atoms with E-state index in [1.54, 1.807) is 6.92 Å². The molecular weight excluding hydrogens is 109 g/mol. The molecular formula is C5H12FNO. The molecule has 0 aliphatic carbocycles. The molecule has 1 N–H and O–H groups in total. The van der Waals surface area contributed by atoms with E-state index in [0.717, 1.165) is 0 Å². The van der Waals surface area contributed by atoms with Gasteiger partial charge in [-0.2, -0.15) is 5.48 Å². The minimum atomic E-state index is -0.782. The molecule has 0 aromatic heterocycles. The van der Waals surface area contributed by atoms with Gasteiger partial charge in [0.05, 0.1) is 13.7 Å². The molecule has 8 heavy (non-hydrogen) atoms. The minimum Gasteiger partial charge on any atom is -0.305 e. The standard InChI is InChI=1S/C5H12FNO/c1-3-5(6)4-7-8-2/h5,7H,3-4H2,1-2H3. The van der Waals surface area contributed by atoms with Crippen LogP contribution in [0.3, 0.4) is 0 Å². The fraction of sp³-hybridized carbons (Fsp3) is 1.00. The van der Waals surface area contributed by atoms with Crippen molar-refractivity contribution < 1.29 is 9.23 Å². The molecule has 0 aliphatic rings. The molecule has 2 nitrogen and oxygen atoms in total. The van der Waals surface area contributed by atoms with Gasteiger partial charge in [0, 0.05) is 0 Å². The Morgan fingerprint density at radius 2 is 2.38 bits per heavy atom. The molecule has 1 unspecified atom stereocenters. The molecule has 0 fully saturated rings. The monoisotopic (exact) mass is 121 g/mol. The molecule has 0 spiro atoms. The topological polar surface area (TPSA) is 21.3 Å². The fourth-order valence-electron chi connectivity index (χ4n) is 0.318. The quantitative estimate of drug-likeness (QED) is 0.557. The van der Waals surface area contributed by atoms with Gasteiger partial charge in [-0.05, 0) is 6.42 Å². The van der Waals surface area contributed by atoms with Crippen LogP contribution >= 0.6 is 0 Å². The maximum absolute atomic E-state index is 12.2. The second-order valence-corrected chi connectivity index (χ2v) is 1.56. The third-order valence-corrected chi connectivity index (χ3v) is 0.892. The molecule has 0 aliphatic heterocycles. The van der Waals surface area contributed by atoms with Gasteiger partial charge < -0.3 is 4.84 Å². The first-order valence-electron chi connectivity index (χ1n) is 2.71. The summed E-state index contributed by atoms with van der Waals surface area (Å²) in [5.74, 6) is 0. The van der Waals surface area contributed by atoms with Crippen LogP contribution in [0.1, 0.15) is 13.3 Å². The summed E-state index contributed by atoms with van der Waals surface area (Å²) in [6, 6.07) is 0. The van der Waals surface area contributed by atoms with E-state index in [2.05, 4.69) is 10.3 Å². The summed E-state index contributed by atoms with van der Waals surface area (Å²) in [6.07, 6.45) is -0.244. The summed E-state index contributed by atoms with van der Waals surface area (Å²) in [7, 11) is 1.47. The number of hydrogen-bond donors (Lipinski definition) is 1. The highest BCUT2D eigenvalue weighted by atomic mass is 19.1. The Morgan fingerprint density at radius 1 is 1.75 bits per heavy atom. The lowest BCUT2D eigenvalue weighted by Crippen LogP contribution is -2.21. The van der Waals surface area contributed by atoms with Crippen molar-refractivity contribution in [2.45, 2.75) is 19.5 Å². The number of hydroxylamine groups is 1. The van der Waals surface area contributed by atoms with Crippen molar-refractivity contribution in [1.29, 1.82) is 0 Å². The Kier molecular flexibility index (Phi) is 4.90. The average molecular weight is 121 g/mol. The van der Waals surface area contributed by atoms with E-state index >= 15 is 0 Å². The van der Waals surface area contributed by atoms with Gasteiger partial charge in [0.2, 0.25) is 0 Å². The van der Waals surface area contributed by atoms with Crippen molar-refractivity contribution in [2.24, 2.45) is 0 Å². The van der Waals surface area contributed by atoms with Crippen LogP contribution in [0, 0.1) is 0 Å². The lowest BCUT2D eigenvalue weighted by Gasteiger charge is -2.03. The second-order valence-electron chi connectivity index (χ2n) is 1.56. The Bertz CT molecular complexity index is 51.7. The zero-order valence-corrected chi connectivity index (χ0v) is 5.28. The highest BCUT2D eigenvalue weighted by Gasteiger charge is 1.99. The summed E-state index contributed by atoms with van der Waals surface area (Å²) >= 11 is 0. The van der Waals surface area contributed by atoms with E-state index < -0.39 is 6.17 Å². The zero-order valence-electron chi connectivity index (χ0n) is 5.28. The van der Waals surface area contributed by atoms with E-state index in [0.29, 0.717) is 6.42 Å². The molecule has 0 heterocycles. The molecule has 0 saturated heterocycles. The highest BCUT2D eigenvalue weighted by molar-refractivity contribution is 4.50. The van der Waals surface area contributed by atoms with Gasteiger partial charge in [0.1, 0.15) is 6.17 Å². The summed E-state index contributed by atoms with van der Waals surface area (Å²) in [5.41, 5.74) is 2.42. The number of alkyl halides is 1. The predicted molar refractivity (Wildman–Crippen MR) is 30.2 cm³/mol. The molecule has 0 saturated carbocycles. The van der Waals surface area contributed by atoms with Crippen molar-refractivity contribution in [3.63, 3.8) is 0 Å². The van der Waals surface area contributed by atoms with Gasteiger partial charge in [0.25, 0.3) is 0 Å². The Morgan fingerprint density at radius 3 is 2.75 bits per heavy atom. The van der Waals surface area contributed by atoms with Gasteiger partial charge in [-0.15, -0.1) is 0 Å². The minimum absolute atomic E-state index is 0.285. The number of hydrogen-bond acceptors (Lipinski definition) is 2. The molecule has 0 bridgehead atoms. The van der Waals surface area contributed by atoms with Crippen LogP contribution < -0.4 is 5.48 Å². The van der Waals surface area contributed by atoms with E-state index in [1.165, 1.54) is 7.11 Å². The van der Waals surface area contributed by atoms with Crippen molar-refractivity contribution >= 4 is 0 Å².